The summed E-state index contributed by atoms with van der Waals surface area (Å²) < 4.78 is 10.8. The molecule has 0 amide bonds. The van der Waals surface area contributed by atoms with Crippen LogP contribution in [-0.2, 0) is 4.74 Å². The van der Waals surface area contributed by atoms with E-state index in [1.54, 1.807) is 26.0 Å². The first-order valence-electron chi connectivity index (χ1n) is 7.80. The molecule has 130 valence electrons. The second-order valence-corrected chi connectivity index (χ2v) is 6.21. The number of benzene rings is 1. The molecular formula is C18H18N2O5. The number of hydrogen-bond acceptors (Lipinski definition) is 6. The summed E-state index contributed by atoms with van der Waals surface area (Å²) in [5.41, 5.74) is 0.0451. The van der Waals surface area contributed by atoms with Crippen molar-refractivity contribution in [3.05, 3.63) is 61.0 Å². The van der Waals surface area contributed by atoms with Crippen molar-refractivity contribution in [2.45, 2.75) is 20.0 Å². The zero-order chi connectivity index (χ0) is 18.3. The third-order valence-corrected chi connectivity index (χ3v) is 3.72. The Kier molecular flexibility index (Phi) is 4.08. The Balaban J connectivity index is 2.39. The predicted molar refractivity (Wildman–Crippen MR) is 93.3 cm³/mol. The smallest absolute Gasteiger partial charge is 0.340 e. The lowest BCUT2D eigenvalue weighted by Gasteiger charge is -2.13. The van der Waals surface area contributed by atoms with Gasteiger partial charge in [0, 0.05) is 31.9 Å². The van der Waals surface area contributed by atoms with Crippen LogP contribution in [0.25, 0.3) is 11.1 Å². The van der Waals surface area contributed by atoms with Crippen LogP contribution < -0.4 is 15.8 Å². The van der Waals surface area contributed by atoms with Crippen LogP contribution in [-0.4, -0.2) is 31.2 Å². The topological polar surface area (TPSA) is 92.6 Å². The van der Waals surface area contributed by atoms with Gasteiger partial charge in [0.1, 0.15) is 5.35 Å². The van der Waals surface area contributed by atoms with Crippen LogP contribution in [0.1, 0.15) is 24.2 Å². The molecule has 7 heteroatoms. The monoisotopic (exact) mass is 342 g/mol. The van der Waals surface area contributed by atoms with Crippen molar-refractivity contribution >= 4 is 22.8 Å². The highest BCUT2D eigenvalue weighted by atomic mass is 16.5. The first-order valence-corrected chi connectivity index (χ1v) is 7.80. The van der Waals surface area contributed by atoms with Gasteiger partial charge in [-0.05, 0) is 26.0 Å². The third-order valence-electron chi connectivity index (χ3n) is 3.72. The first kappa shape index (κ1) is 16.8. The van der Waals surface area contributed by atoms with Crippen molar-refractivity contribution in [2.75, 3.05) is 19.0 Å². The van der Waals surface area contributed by atoms with E-state index in [1.807, 2.05) is 25.1 Å². The van der Waals surface area contributed by atoms with E-state index in [9.17, 15) is 14.4 Å². The van der Waals surface area contributed by atoms with E-state index in [2.05, 4.69) is 4.98 Å². The van der Waals surface area contributed by atoms with E-state index in [0.29, 0.717) is 11.1 Å². The Morgan fingerprint density at radius 2 is 1.92 bits per heavy atom. The van der Waals surface area contributed by atoms with Crippen LogP contribution in [0.5, 0.6) is 0 Å². The maximum atomic E-state index is 12.3. The molecule has 2 aliphatic rings. The number of fused-ring (bicyclic) bond motifs is 1. The SMILES string of the molecule is CC(C)OC(=O)c1cc(=O)c(=O)c2oc3cc(N(C)C)ccc3[nH]c1=2. The van der Waals surface area contributed by atoms with Gasteiger partial charge in [0.05, 0.1) is 17.2 Å². The average molecular weight is 342 g/mol. The van der Waals surface area contributed by atoms with Crippen molar-refractivity contribution in [2.24, 2.45) is 0 Å². The van der Waals surface area contributed by atoms with Gasteiger partial charge in [-0.3, -0.25) is 9.59 Å². The van der Waals surface area contributed by atoms with Crippen LogP contribution in [0.4, 0.5) is 5.69 Å². The molecule has 1 N–H and O–H groups in total. The van der Waals surface area contributed by atoms with Crippen LogP contribution in [0.3, 0.4) is 0 Å². The largest absolute Gasteiger partial charge is 0.459 e. The summed E-state index contributed by atoms with van der Waals surface area (Å²) in [5, 5.41) is 0.153. The van der Waals surface area contributed by atoms with Crippen molar-refractivity contribution < 1.29 is 13.9 Å². The molecule has 7 nitrogen and oxygen atoms in total. The fourth-order valence-electron chi connectivity index (χ4n) is 2.50. The maximum Gasteiger partial charge on any atom is 0.340 e. The number of esters is 1. The fourth-order valence-corrected chi connectivity index (χ4v) is 2.50. The third kappa shape index (κ3) is 3.00. The summed E-state index contributed by atoms with van der Waals surface area (Å²) in [6, 6.07) is 6.38. The van der Waals surface area contributed by atoms with E-state index < -0.39 is 16.8 Å². The molecule has 0 saturated carbocycles. The molecule has 0 bridgehead atoms. The molecule has 0 atom stereocenters. The quantitative estimate of drug-likeness (QED) is 0.577. The number of carbonyl (C=O) groups excluding carboxylic acids is 1. The number of anilines is 1. The van der Waals surface area contributed by atoms with Gasteiger partial charge in [-0.1, -0.05) is 0 Å². The Bertz CT molecular complexity index is 1140. The zero-order valence-corrected chi connectivity index (χ0v) is 14.4. The number of nitrogens with zero attached hydrogens (tertiary/aromatic N) is 1. The minimum Gasteiger partial charge on any atom is -0.459 e. The summed E-state index contributed by atoms with van der Waals surface area (Å²) >= 11 is 0. The highest BCUT2D eigenvalue weighted by molar-refractivity contribution is 5.89. The lowest BCUT2D eigenvalue weighted by atomic mass is 10.2. The van der Waals surface area contributed by atoms with Gasteiger partial charge in [0.2, 0.25) is 10.8 Å². The minimum absolute atomic E-state index is 0.0179. The average Bonchev–Trinajstić information content (AvgIpc) is 2.55. The van der Waals surface area contributed by atoms with Gasteiger partial charge in [0.25, 0.3) is 5.43 Å². The maximum absolute atomic E-state index is 12.3. The van der Waals surface area contributed by atoms with E-state index in [4.69, 9.17) is 9.15 Å². The highest BCUT2D eigenvalue weighted by Crippen LogP contribution is 2.20. The number of ether oxygens (including phenoxy) is 1. The number of aromatic nitrogens is 1. The summed E-state index contributed by atoms with van der Waals surface area (Å²) in [5.74, 6) is -0.687. The van der Waals surface area contributed by atoms with Gasteiger partial charge < -0.3 is 19.0 Å². The number of H-pyrrole nitrogens is 1. The zero-order valence-electron chi connectivity index (χ0n) is 14.4. The standard InChI is InChI=1S/C18H18N2O5/c1-9(2)24-18(23)11-8-13(21)16(22)17-15(11)19-12-6-5-10(20(3)4)7-14(12)25-17/h5-9,19H,1-4H3. The number of aromatic amines is 1. The molecule has 0 saturated heterocycles. The highest BCUT2D eigenvalue weighted by Gasteiger charge is 2.17. The van der Waals surface area contributed by atoms with Crippen molar-refractivity contribution in [1.29, 1.82) is 0 Å². The summed E-state index contributed by atoms with van der Waals surface area (Å²) in [4.78, 5) is 41.3. The normalized spacial score (nSPS) is 11.2. The Hall–Kier alpha value is -3.09. The van der Waals surface area contributed by atoms with Crippen molar-refractivity contribution in [3.8, 4) is 0 Å². The molecule has 1 aliphatic carbocycles. The molecule has 1 aromatic carbocycles. The molecule has 1 aromatic rings. The second-order valence-electron chi connectivity index (χ2n) is 6.21. The van der Waals surface area contributed by atoms with Crippen LogP contribution in [0, 0.1) is 10.8 Å². The van der Waals surface area contributed by atoms with E-state index >= 15 is 0 Å². The molecule has 0 radical (unpaired) electrons. The van der Waals surface area contributed by atoms with E-state index in [1.165, 1.54) is 0 Å². The number of nitrogens with one attached hydrogen (secondary N) is 1. The minimum atomic E-state index is -0.816. The van der Waals surface area contributed by atoms with Gasteiger partial charge in [-0.25, -0.2) is 4.79 Å². The van der Waals surface area contributed by atoms with E-state index in [0.717, 1.165) is 11.8 Å². The lowest BCUT2D eigenvalue weighted by Crippen LogP contribution is -2.27. The molecule has 1 aliphatic heterocycles. The number of hydrogen-bond donors (Lipinski definition) is 1. The molecule has 0 unspecified atom stereocenters. The Morgan fingerprint density at radius 1 is 1.20 bits per heavy atom. The second kappa shape index (κ2) is 6.08. The number of carbonyl (C=O) groups is 1. The molecule has 0 aromatic heterocycles. The molecule has 0 fully saturated rings. The van der Waals surface area contributed by atoms with Gasteiger partial charge in [-0.15, -0.1) is 0 Å². The first-order chi connectivity index (χ1) is 11.8. The van der Waals surface area contributed by atoms with Crippen LogP contribution in [0.15, 0.2) is 38.3 Å². The Morgan fingerprint density at radius 3 is 2.56 bits per heavy atom. The summed E-state index contributed by atoms with van der Waals surface area (Å²) in [7, 11) is 3.75. The Labute approximate surface area is 142 Å². The van der Waals surface area contributed by atoms with Crippen LogP contribution in [0.2, 0.25) is 0 Å². The summed E-state index contributed by atoms with van der Waals surface area (Å²) in [6.45, 7) is 3.40. The van der Waals surface area contributed by atoms with Crippen molar-refractivity contribution in [3.63, 3.8) is 0 Å². The van der Waals surface area contributed by atoms with Gasteiger partial charge in [0.15, 0.2) is 5.58 Å². The van der Waals surface area contributed by atoms with Crippen LogP contribution >= 0.6 is 0 Å². The molecular weight excluding hydrogens is 324 g/mol. The molecule has 3 rings (SSSR count). The summed E-state index contributed by atoms with van der Waals surface area (Å²) in [6.07, 6.45) is -0.357. The predicted octanol–water partition coefficient (Wildman–Crippen LogP) is 1.84. The molecule has 1 heterocycles. The molecule has 25 heavy (non-hydrogen) atoms. The molecule has 0 spiro atoms. The van der Waals surface area contributed by atoms with Crippen molar-refractivity contribution in [1.82, 2.24) is 4.98 Å². The lowest BCUT2D eigenvalue weighted by molar-refractivity contribution is 0.0375. The van der Waals surface area contributed by atoms with Gasteiger partial charge >= 0.3 is 5.97 Å². The fraction of sp³-hybridized carbons (Fsp3) is 0.278. The number of rotatable bonds is 3. The van der Waals surface area contributed by atoms with Gasteiger partial charge in [-0.2, -0.15) is 0 Å². The van der Waals surface area contributed by atoms with E-state index in [-0.39, 0.29) is 22.4 Å².